The molecule has 0 spiro atoms. The first-order valence-corrected chi connectivity index (χ1v) is 7.76. The highest BCUT2D eigenvalue weighted by molar-refractivity contribution is 5.77. The minimum Gasteiger partial charge on any atom is -0.483 e. The number of nitrogens with one attached hydrogen (secondary N) is 1. The van der Waals surface area contributed by atoms with Gasteiger partial charge in [-0.1, -0.05) is 18.2 Å². The van der Waals surface area contributed by atoms with Crippen LogP contribution in [0.3, 0.4) is 0 Å². The lowest BCUT2D eigenvalue weighted by atomic mass is 10.0. The van der Waals surface area contributed by atoms with Crippen LogP contribution < -0.4 is 10.1 Å². The summed E-state index contributed by atoms with van der Waals surface area (Å²) >= 11 is 0. The Morgan fingerprint density at radius 3 is 2.77 bits per heavy atom. The second kappa shape index (κ2) is 7.11. The van der Waals surface area contributed by atoms with Crippen molar-refractivity contribution in [2.45, 2.75) is 25.9 Å². The fraction of sp³-hybridized carbons (Fsp3) is 0.588. The first-order chi connectivity index (χ1) is 10.4. The Kier molecular flexibility index (Phi) is 5.42. The summed E-state index contributed by atoms with van der Waals surface area (Å²) in [4.78, 5) is 15.7. The minimum atomic E-state index is -0.0295. The summed E-state index contributed by atoms with van der Waals surface area (Å²) < 4.78 is 5.72. The molecule has 1 aromatic carbocycles. The number of para-hydroxylation sites is 1. The van der Waals surface area contributed by atoms with Crippen molar-refractivity contribution >= 4 is 5.91 Å². The van der Waals surface area contributed by atoms with Gasteiger partial charge in [-0.05, 0) is 19.9 Å². The maximum atomic E-state index is 11.7. The summed E-state index contributed by atoms with van der Waals surface area (Å²) in [6.07, 6.45) is 0. The monoisotopic (exact) mass is 305 g/mol. The zero-order valence-corrected chi connectivity index (χ0v) is 14.1. The average molecular weight is 305 g/mol. The van der Waals surface area contributed by atoms with Gasteiger partial charge in [0.05, 0.1) is 0 Å². The third-order valence-corrected chi connectivity index (χ3v) is 3.87. The van der Waals surface area contributed by atoms with E-state index in [9.17, 15) is 4.79 Å². The Hall–Kier alpha value is -1.59. The van der Waals surface area contributed by atoms with Gasteiger partial charge in [0.25, 0.3) is 5.91 Å². The molecule has 2 rings (SSSR count). The third-order valence-electron chi connectivity index (χ3n) is 3.87. The van der Waals surface area contributed by atoms with Gasteiger partial charge in [0.15, 0.2) is 6.61 Å². The summed E-state index contributed by atoms with van der Waals surface area (Å²) in [5, 5.41) is 3.52. The van der Waals surface area contributed by atoms with E-state index in [1.54, 1.807) is 19.0 Å². The molecule has 22 heavy (non-hydrogen) atoms. The summed E-state index contributed by atoms with van der Waals surface area (Å²) in [7, 11) is 3.47. The van der Waals surface area contributed by atoms with Gasteiger partial charge in [-0.25, -0.2) is 0 Å². The van der Waals surface area contributed by atoms with Gasteiger partial charge in [0, 0.05) is 51.4 Å². The molecule has 1 aliphatic rings. The molecule has 0 radical (unpaired) electrons. The summed E-state index contributed by atoms with van der Waals surface area (Å²) in [6.45, 7) is 8.38. The van der Waals surface area contributed by atoms with Gasteiger partial charge in [-0.2, -0.15) is 0 Å². The molecule has 0 aromatic heterocycles. The van der Waals surface area contributed by atoms with E-state index in [1.165, 1.54) is 0 Å². The molecule has 1 amide bonds. The summed E-state index contributed by atoms with van der Waals surface area (Å²) in [5.41, 5.74) is 1.27. The predicted octanol–water partition coefficient (Wildman–Crippen LogP) is 1.34. The Morgan fingerprint density at radius 2 is 2.09 bits per heavy atom. The molecule has 1 aliphatic heterocycles. The lowest BCUT2D eigenvalue weighted by molar-refractivity contribution is -0.130. The molecule has 0 saturated carbocycles. The van der Waals surface area contributed by atoms with E-state index in [1.807, 2.05) is 18.2 Å². The van der Waals surface area contributed by atoms with Gasteiger partial charge in [0.1, 0.15) is 5.75 Å². The number of hydrogen-bond donors (Lipinski definition) is 1. The van der Waals surface area contributed by atoms with Crippen LogP contribution in [0.5, 0.6) is 5.75 Å². The van der Waals surface area contributed by atoms with Gasteiger partial charge >= 0.3 is 0 Å². The van der Waals surface area contributed by atoms with Gasteiger partial charge < -0.3 is 15.0 Å². The number of likely N-dealkylation sites (N-methyl/N-ethyl adjacent to an activating group) is 1. The summed E-state index contributed by atoms with van der Waals surface area (Å²) in [6, 6.07) is 7.97. The molecule has 5 heteroatoms. The first-order valence-electron chi connectivity index (χ1n) is 7.76. The molecular formula is C17H27N3O2. The van der Waals surface area contributed by atoms with Crippen molar-refractivity contribution in [3.8, 4) is 5.75 Å². The fourth-order valence-corrected chi connectivity index (χ4v) is 2.67. The normalized spacial score (nSPS) is 18.0. The number of ether oxygens (including phenoxy) is 1. The largest absolute Gasteiger partial charge is 0.483 e. The van der Waals surface area contributed by atoms with E-state index >= 15 is 0 Å². The molecule has 0 aliphatic carbocycles. The van der Waals surface area contributed by atoms with E-state index in [0.717, 1.165) is 37.5 Å². The van der Waals surface area contributed by atoms with E-state index in [0.29, 0.717) is 0 Å². The maximum absolute atomic E-state index is 11.7. The molecular weight excluding hydrogens is 278 g/mol. The van der Waals surface area contributed by atoms with Gasteiger partial charge in [-0.15, -0.1) is 0 Å². The van der Waals surface area contributed by atoms with Crippen LogP contribution in [-0.2, 0) is 11.3 Å². The summed E-state index contributed by atoms with van der Waals surface area (Å²) in [5.74, 6) is 0.771. The number of carbonyl (C=O) groups excluding carboxylic acids is 1. The van der Waals surface area contributed by atoms with Crippen LogP contribution in [0.1, 0.15) is 19.4 Å². The van der Waals surface area contributed by atoms with Crippen molar-refractivity contribution in [1.82, 2.24) is 15.1 Å². The van der Waals surface area contributed by atoms with Gasteiger partial charge in [0.2, 0.25) is 0 Å². The SMILES string of the molecule is CN(C)C(=O)COc1ccccc1CN1CCNC(C)(C)C1. The number of amides is 1. The fourth-order valence-electron chi connectivity index (χ4n) is 2.67. The number of nitrogens with zero attached hydrogens (tertiary/aromatic N) is 2. The Labute approximate surface area is 133 Å². The van der Waals surface area contributed by atoms with Crippen LogP contribution >= 0.6 is 0 Å². The molecule has 0 bridgehead atoms. The lowest BCUT2D eigenvalue weighted by Gasteiger charge is -2.39. The van der Waals surface area contributed by atoms with Crippen LogP contribution in [-0.4, -0.2) is 61.6 Å². The number of carbonyl (C=O) groups is 1. The second-order valence-corrected chi connectivity index (χ2v) is 6.71. The van der Waals surface area contributed by atoms with Crippen LogP contribution in [0.4, 0.5) is 0 Å². The molecule has 1 N–H and O–H groups in total. The second-order valence-electron chi connectivity index (χ2n) is 6.71. The molecule has 122 valence electrons. The van der Waals surface area contributed by atoms with Crippen LogP contribution in [0.2, 0.25) is 0 Å². The Morgan fingerprint density at radius 1 is 1.36 bits per heavy atom. The van der Waals surface area contributed by atoms with E-state index in [4.69, 9.17) is 4.74 Å². The standard InChI is InChI=1S/C17H27N3O2/c1-17(2)13-20(10-9-18-17)11-14-7-5-6-8-15(14)22-12-16(21)19(3)4/h5-8,18H,9-13H2,1-4H3. The van der Waals surface area contributed by atoms with E-state index < -0.39 is 0 Å². The lowest BCUT2D eigenvalue weighted by Crippen LogP contribution is -2.56. The molecule has 0 unspecified atom stereocenters. The number of benzene rings is 1. The number of hydrogen-bond acceptors (Lipinski definition) is 4. The van der Waals surface area contributed by atoms with Gasteiger partial charge in [-0.3, -0.25) is 9.69 Å². The van der Waals surface area contributed by atoms with Crippen molar-refractivity contribution in [3.63, 3.8) is 0 Å². The first kappa shape index (κ1) is 16.8. The van der Waals surface area contributed by atoms with Crippen molar-refractivity contribution in [3.05, 3.63) is 29.8 Å². The number of rotatable bonds is 5. The van der Waals surface area contributed by atoms with Crippen molar-refractivity contribution in [1.29, 1.82) is 0 Å². The van der Waals surface area contributed by atoms with Crippen molar-refractivity contribution < 1.29 is 9.53 Å². The smallest absolute Gasteiger partial charge is 0.259 e. The molecule has 1 aromatic rings. The highest BCUT2D eigenvalue weighted by Crippen LogP contribution is 2.21. The van der Waals surface area contributed by atoms with Crippen molar-refractivity contribution in [2.75, 3.05) is 40.3 Å². The third kappa shape index (κ3) is 4.71. The van der Waals surface area contributed by atoms with E-state index in [-0.39, 0.29) is 18.1 Å². The Bertz CT molecular complexity index is 514. The van der Waals surface area contributed by atoms with E-state index in [2.05, 4.69) is 30.1 Å². The molecule has 0 atom stereocenters. The maximum Gasteiger partial charge on any atom is 0.259 e. The molecule has 5 nitrogen and oxygen atoms in total. The average Bonchev–Trinajstić information content (AvgIpc) is 2.45. The highest BCUT2D eigenvalue weighted by Gasteiger charge is 2.26. The molecule has 1 saturated heterocycles. The molecule has 1 heterocycles. The zero-order valence-electron chi connectivity index (χ0n) is 14.1. The van der Waals surface area contributed by atoms with Crippen molar-refractivity contribution in [2.24, 2.45) is 0 Å². The number of piperazine rings is 1. The predicted molar refractivity (Wildman–Crippen MR) is 88.0 cm³/mol. The zero-order chi connectivity index (χ0) is 16.2. The minimum absolute atomic E-state index is 0.0295. The van der Waals surface area contributed by atoms with Crippen LogP contribution in [0.25, 0.3) is 0 Å². The quantitative estimate of drug-likeness (QED) is 0.891. The molecule has 1 fully saturated rings. The Balaban J connectivity index is 2.00. The van der Waals surface area contributed by atoms with Crippen LogP contribution in [0.15, 0.2) is 24.3 Å². The van der Waals surface area contributed by atoms with Crippen LogP contribution in [0, 0.1) is 0 Å². The highest BCUT2D eigenvalue weighted by atomic mass is 16.5. The topological polar surface area (TPSA) is 44.8 Å².